The van der Waals surface area contributed by atoms with Crippen LogP contribution in [0, 0.1) is 0 Å². The number of rotatable bonds is 5. The first kappa shape index (κ1) is 12.9. The number of thioether (sulfide) groups is 1. The lowest BCUT2D eigenvalue weighted by molar-refractivity contribution is 0.530. The Morgan fingerprint density at radius 1 is 1.37 bits per heavy atom. The summed E-state index contributed by atoms with van der Waals surface area (Å²) in [5.74, 6) is 0. The second-order valence-corrected chi connectivity index (χ2v) is 6.16. The molecule has 2 N–H and O–H groups in total. The molecular formula is C13H19N5S. The molecule has 0 amide bonds. The number of imidazole rings is 1. The highest BCUT2D eigenvalue weighted by atomic mass is 32.2. The van der Waals surface area contributed by atoms with Crippen LogP contribution >= 0.6 is 11.8 Å². The van der Waals surface area contributed by atoms with Crippen molar-refractivity contribution >= 4 is 22.9 Å². The molecule has 0 aromatic carbocycles. The number of hydrogen-bond donors (Lipinski definition) is 2. The number of aromatic nitrogens is 4. The monoisotopic (exact) mass is 277 g/mol. The van der Waals surface area contributed by atoms with Crippen molar-refractivity contribution in [2.75, 3.05) is 6.54 Å². The third-order valence-corrected chi connectivity index (χ3v) is 4.96. The van der Waals surface area contributed by atoms with Gasteiger partial charge < -0.3 is 10.3 Å². The Balaban J connectivity index is 1.75. The summed E-state index contributed by atoms with van der Waals surface area (Å²) < 4.78 is 0. The van der Waals surface area contributed by atoms with Crippen LogP contribution in [0.5, 0.6) is 0 Å². The molecule has 1 aliphatic rings. The molecule has 19 heavy (non-hydrogen) atoms. The normalized spacial score (nSPS) is 23.2. The maximum Gasteiger partial charge on any atom is 0.181 e. The van der Waals surface area contributed by atoms with Crippen molar-refractivity contribution in [1.29, 1.82) is 0 Å². The zero-order valence-electron chi connectivity index (χ0n) is 11.1. The van der Waals surface area contributed by atoms with Gasteiger partial charge in [0.05, 0.1) is 6.33 Å². The Bertz CT molecular complexity index is 541. The minimum atomic E-state index is 0.605. The van der Waals surface area contributed by atoms with E-state index < -0.39 is 0 Å². The van der Waals surface area contributed by atoms with Crippen LogP contribution < -0.4 is 5.32 Å². The molecule has 1 saturated carbocycles. The number of aromatic amines is 1. The van der Waals surface area contributed by atoms with Gasteiger partial charge in [-0.05, 0) is 25.8 Å². The van der Waals surface area contributed by atoms with Crippen molar-refractivity contribution < 1.29 is 0 Å². The van der Waals surface area contributed by atoms with Crippen molar-refractivity contribution in [3.05, 3.63) is 12.7 Å². The molecule has 0 saturated heterocycles. The largest absolute Gasteiger partial charge is 0.341 e. The highest BCUT2D eigenvalue weighted by Gasteiger charge is 2.28. The third kappa shape index (κ3) is 2.74. The second-order valence-electron chi connectivity index (χ2n) is 4.93. The highest BCUT2D eigenvalue weighted by Crippen LogP contribution is 2.35. The maximum absolute atomic E-state index is 4.41. The lowest BCUT2D eigenvalue weighted by Crippen LogP contribution is -2.34. The van der Waals surface area contributed by atoms with Gasteiger partial charge in [0.2, 0.25) is 0 Å². The van der Waals surface area contributed by atoms with Gasteiger partial charge in [0.15, 0.2) is 5.65 Å². The molecule has 6 heteroatoms. The molecule has 2 heterocycles. The summed E-state index contributed by atoms with van der Waals surface area (Å²) >= 11 is 1.86. The summed E-state index contributed by atoms with van der Waals surface area (Å²) in [6.07, 6.45) is 8.31. The van der Waals surface area contributed by atoms with Crippen LogP contribution in [0.1, 0.15) is 32.6 Å². The first-order valence-electron chi connectivity index (χ1n) is 6.92. The molecule has 2 aromatic rings. The summed E-state index contributed by atoms with van der Waals surface area (Å²) in [6, 6.07) is 0.609. The topological polar surface area (TPSA) is 66.5 Å². The van der Waals surface area contributed by atoms with Crippen molar-refractivity contribution in [2.45, 2.75) is 48.9 Å². The van der Waals surface area contributed by atoms with E-state index in [9.17, 15) is 0 Å². The van der Waals surface area contributed by atoms with Crippen molar-refractivity contribution in [3.63, 3.8) is 0 Å². The Kier molecular flexibility index (Phi) is 3.98. The standard InChI is InChI=1S/C13H19N5S/c1-2-6-14-9-4-3-5-10(9)19-13-11-12(16-7-15-11)17-8-18-13/h7-10,14H,2-6H2,1H3,(H,15,16,17,18). The van der Waals surface area contributed by atoms with Crippen molar-refractivity contribution in [3.8, 4) is 0 Å². The molecule has 102 valence electrons. The van der Waals surface area contributed by atoms with E-state index in [1.165, 1.54) is 25.7 Å². The molecule has 0 spiro atoms. The van der Waals surface area contributed by atoms with E-state index >= 15 is 0 Å². The molecule has 2 aromatic heterocycles. The van der Waals surface area contributed by atoms with Crippen LogP contribution in [0.25, 0.3) is 11.2 Å². The number of hydrogen-bond acceptors (Lipinski definition) is 5. The van der Waals surface area contributed by atoms with Crippen LogP contribution in [0.3, 0.4) is 0 Å². The molecule has 2 atom stereocenters. The van der Waals surface area contributed by atoms with Gasteiger partial charge in [0.25, 0.3) is 0 Å². The zero-order valence-corrected chi connectivity index (χ0v) is 11.9. The molecular weight excluding hydrogens is 258 g/mol. The fourth-order valence-electron chi connectivity index (χ4n) is 2.61. The minimum absolute atomic E-state index is 0.605. The molecule has 1 fully saturated rings. The summed E-state index contributed by atoms with van der Waals surface area (Å²) in [5, 5.41) is 5.28. The SMILES string of the molecule is CCCNC1CCCC1Sc1ncnc2nc[nH]c12. The smallest absolute Gasteiger partial charge is 0.181 e. The first-order valence-corrected chi connectivity index (χ1v) is 7.80. The van der Waals surface area contributed by atoms with E-state index in [4.69, 9.17) is 0 Å². The minimum Gasteiger partial charge on any atom is -0.341 e. The third-order valence-electron chi connectivity index (χ3n) is 3.56. The molecule has 0 bridgehead atoms. The van der Waals surface area contributed by atoms with Gasteiger partial charge >= 0.3 is 0 Å². The molecule has 0 radical (unpaired) electrons. The van der Waals surface area contributed by atoms with Crippen LogP contribution in [0.4, 0.5) is 0 Å². The van der Waals surface area contributed by atoms with Gasteiger partial charge in [0.1, 0.15) is 16.9 Å². The van der Waals surface area contributed by atoms with Gasteiger partial charge in [0, 0.05) is 11.3 Å². The maximum atomic E-state index is 4.41. The molecule has 2 unspecified atom stereocenters. The summed E-state index contributed by atoms with van der Waals surface area (Å²) in [5.41, 5.74) is 1.72. The van der Waals surface area contributed by atoms with Gasteiger partial charge in [-0.1, -0.05) is 25.1 Å². The number of nitrogens with zero attached hydrogens (tertiary/aromatic N) is 3. The fraction of sp³-hybridized carbons (Fsp3) is 0.615. The van der Waals surface area contributed by atoms with E-state index in [1.54, 1.807) is 12.7 Å². The van der Waals surface area contributed by atoms with Crippen LogP contribution in [-0.2, 0) is 0 Å². The van der Waals surface area contributed by atoms with Gasteiger partial charge in [-0.2, -0.15) is 0 Å². The van der Waals surface area contributed by atoms with Crippen molar-refractivity contribution in [1.82, 2.24) is 25.3 Å². The Labute approximate surface area is 117 Å². The fourth-order valence-corrected chi connectivity index (χ4v) is 3.95. The number of fused-ring (bicyclic) bond motifs is 1. The van der Waals surface area contributed by atoms with Gasteiger partial charge in [-0.25, -0.2) is 15.0 Å². The predicted molar refractivity (Wildman–Crippen MR) is 77.3 cm³/mol. The zero-order chi connectivity index (χ0) is 13.1. The van der Waals surface area contributed by atoms with Crippen LogP contribution in [-0.4, -0.2) is 37.8 Å². The number of H-pyrrole nitrogens is 1. The van der Waals surface area contributed by atoms with Gasteiger partial charge in [-0.3, -0.25) is 0 Å². The molecule has 5 nitrogen and oxygen atoms in total. The summed E-state index contributed by atoms with van der Waals surface area (Å²) in [4.78, 5) is 15.9. The van der Waals surface area contributed by atoms with E-state index in [1.807, 2.05) is 11.8 Å². The highest BCUT2D eigenvalue weighted by molar-refractivity contribution is 8.00. The first-order chi connectivity index (χ1) is 9.38. The van der Waals surface area contributed by atoms with E-state index in [-0.39, 0.29) is 0 Å². The Morgan fingerprint density at radius 2 is 2.32 bits per heavy atom. The van der Waals surface area contributed by atoms with E-state index in [0.29, 0.717) is 11.3 Å². The second kappa shape index (κ2) is 5.88. The lowest BCUT2D eigenvalue weighted by atomic mass is 10.2. The predicted octanol–water partition coefficient (Wildman–Crippen LogP) is 2.37. The quantitative estimate of drug-likeness (QED) is 0.821. The molecule has 0 aliphatic heterocycles. The summed E-state index contributed by atoms with van der Waals surface area (Å²) in [7, 11) is 0. The average Bonchev–Trinajstić information content (AvgIpc) is 3.05. The van der Waals surface area contributed by atoms with Crippen molar-refractivity contribution in [2.24, 2.45) is 0 Å². The Morgan fingerprint density at radius 3 is 3.21 bits per heavy atom. The van der Waals surface area contributed by atoms with Crippen LogP contribution in [0.15, 0.2) is 17.7 Å². The molecule has 1 aliphatic carbocycles. The van der Waals surface area contributed by atoms with E-state index in [0.717, 1.165) is 22.7 Å². The van der Waals surface area contributed by atoms with Gasteiger partial charge in [-0.15, -0.1) is 0 Å². The molecule has 3 rings (SSSR count). The Hall–Kier alpha value is -1.14. The van der Waals surface area contributed by atoms with Crippen LogP contribution in [0.2, 0.25) is 0 Å². The average molecular weight is 277 g/mol. The summed E-state index contributed by atoms with van der Waals surface area (Å²) in [6.45, 7) is 3.31. The number of nitrogens with one attached hydrogen (secondary N) is 2. The van der Waals surface area contributed by atoms with E-state index in [2.05, 4.69) is 32.2 Å². The lowest BCUT2D eigenvalue weighted by Gasteiger charge is -2.20.